The SMILES string of the molecule is COc1ccc2c(C)cc(-c3cnc(N(C)C)s3)nc2c1. The Morgan fingerprint density at radius 2 is 2.00 bits per heavy atom. The number of pyridine rings is 1. The molecule has 0 saturated carbocycles. The molecule has 21 heavy (non-hydrogen) atoms. The predicted molar refractivity (Wildman–Crippen MR) is 88.5 cm³/mol. The van der Waals surface area contributed by atoms with Gasteiger partial charge in [0.15, 0.2) is 5.13 Å². The van der Waals surface area contributed by atoms with Crippen molar-refractivity contribution < 1.29 is 4.74 Å². The van der Waals surface area contributed by atoms with Gasteiger partial charge in [-0.2, -0.15) is 0 Å². The molecule has 0 aliphatic heterocycles. The first-order chi connectivity index (χ1) is 10.1. The van der Waals surface area contributed by atoms with Gasteiger partial charge >= 0.3 is 0 Å². The highest BCUT2D eigenvalue weighted by atomic mass is 32.1. The Balaban J connectivity index is 2.13. The van der Waals surface area contributed by atoms with Gasteiger partial charge in [0.25, 0.3) is 0 Å². The highest BCUT2D eigenvalue weighted by molar-refractivity contribution is 7.18. The van der Waals surface area contributed by atoms with Crippen molar-refractivity contribution in [2.75, 3.05) is 26.1 Å². The van der Waals surface area contributed by atoms with E-state index in [4.69, 9.17) is 9.72 Å². The summed E-state index contributed by atoms with van der Waals surface area (Å²) in [4.78, 5) is 12.3. The first-order valence-electron chi connectivity index (χ1n) is 6.67. The Labute approximate surface area is 128 Å². The van der Waals surface area contributed by atoms with Gasteiger partial charge in [0.05, 0.1) is 23.2 Å². The Morgan fingerprint density at radius 1 is 1.19 bits per heavy atom. The largest absolute Gasteiger partial charge is 0.497 e. The van der Waals surface area contributed by atoms with Gasteiger partial charge in [-0.25, -0.2) is 9.97 Å². The van der Waals surface area contributed by atoms with Gasteiger partial charge in [0, 0.05) is 31.7 Å². The van der Waals surface area contributed by atoms with Gasteiger partial charge in [-0.15, -0.1) is 0 Å². The fourth-order valence-electron chi connectivity index (χ4n) is 2.23. The van der Waals surface area contributed by atoms with E-state index < -0.39 is 0 Å². The van der Waals surface area contributed by atoms with Gasteiger partial charge in [0.2, 0.25) is 0 Å². The molecule has 0 amide bonds. The number of benzene rings is 1. The number of anilines is 1. The number of rotatable bonds is 3. The molecular weight excluding hydrogens is 282 g/mol. The number of hydrogen-bond acceptors (Lipinski definition) is 5. The van der Waals surface area contributed by atoms with E-state index in [9.17, 15) is 0 Å². The van der Waals surface area contributed by atoms with E-state index in [1.165, 1.54) is 5.56 Å². The molecule has 108 valence electrons. The number of aryl methyl sites for hydroxylation is 1. The Kier molecular flexibility index (Phi) is 3.51. The molecule has 0 N–H and O–H groups in total. The monoisotopic (exact) mass is 299 g/mol. The van der Waals surface area contributed by atoms with E-state index in [1.807, 2.05) is 37.3 Å². The van der Waals surface area contributed by atoms with E-state index in [2.05, 4.69) is 24.0 Å². The summed E-state index contributed by atoms with van der Waals surface area (Å²) < 4.78 is 5.29. The van der Waals surface area contributed by atoms with Crippen molar-refractivity contribution in [1.82, 2.24) is 9.97 Å². The van der Waals surface area contributed by atoms with Gasteiger partial charge in [-0.05, 0) is 30.7 Å². The van der Waals surface area contributed by atoms with E-state index in [-0.39, 0.29) is 0 Å². The third-order valence-electron chi connectivity index (χ3n) is 3.35. The summed E-state index contributed by atoms with van der Waals surface area (Å²) in [6, 6.07) is 8.10. The van der Waals surface area contributed by atoms with Crippen LogP contribution < -0.4 is 9.64 Å². The number of hydrogen-bond donors (Lipinski definition) is 0. The third kappa shape index (κ3) is 2.56. The van der Waals surface area contributed by atoms with E-state index in [0.717, 1.165) is 32.4 Å². The van der Waals surface area contributed by atoms with Crippen LogP contribution in [0.4, 0.5) is 5.13 Å². The highest BCUT2D eigenvalue weighted by Gasteiger charge is 2.10. The molecule has 0 aliphatic rings. The van der Waals surface area contributed by atoms with Gasteiger partial charge in [0.1, 0.15) is 5.75 Å². The van der Waals surface area contributed by atoms with Crippen LogP contribution in [0.3, 0.4) is 0 Å². The van der Waals surface area contributed by atoms with E-state index in [1.54, 1.807) is 18.4 Å². The highest BCUT2D eigenvalue weighted by Crippen LogP contribution is 2.32. The molecule has 0 atom stereocenters. The molecule has 1 aromatic carbocycles. The topological polar surface area (TPSA) is 38.2 Å². The molecule has 2 aromatic heterocycles. The number of ether oxygens (including phenoxy) is 1. The summed E-state index contributed by atoms with van der Waals surface area (Å²) in [5.74, 6) is 0.824. The quantitative estimate of drug-likeness (QED) is 0.738. The molecule has 0 radical (unpaired) electrons. The molecule has 4 nitrogen and oxygen atoms in total. The van der Waals surface area contributed by atoms with Gasteiger partial charge in [-0.1, -0.05) is 11.3 Å². The van der Waals surface area contributed by atoms with Crippen LogP contribution in [-0.4, -0.2) is 31.2 Å². The van der Waals surface area contributed by atoms with Crippen LogP contribution in [0, 0.1) is 6.92 Å². The fourth-order valence-corrected chi connectivity index (χ4v) is 3.02. The third-order valence-corrected chi connectivity index (χ3v) is 4.54. The van der Waals surface area contributed by atoms with Crippen molar-refractivity contribution in [3.8, 4) is 16.3 Å². The Morgan fingerprint density at radius 3 is 2.67 bits per heavy atom. The number of nitrogens with zero attached hydrogens (tertiary/aromatic N) is 3. The lowest BCUT2D eigenvalue weighted by Crippen LogP contribution is -2.07. The lowest BCUT2D eigenvalue weighted by molar-refractivity contribution is 0.415. The molecule has 2 heterocycles. The minimum atomic E-state index is 0.824. The summed E-state index contributed by atoms with van der Waals surface area (Å²) in [5.41, 5.74) is 3.11. The zero-order chi connectivity index (χ0) is 15.0. The maximum Gasteiger partial charge on any atom is 0.185 e. The smallest absolute Gasteiger partial charge is 0.185 e. The summed E-state index contributed by atoms with van der Waals surface area (Å²) in [5, 5.41) is 2.13. The average Bonchev–Trinajstić information content (AvgIpc) is 2.96. The zero-order valence-corrected chi connectivity index (χ0v) is 13.4. The fraction of sp³-hybridized carbons (Fsp3) is 0.250. The normalized spacial score (nSPS) is 10.9. The van der Waals surface area contributed by atoms with Crippen LogP contribution in [0.25, 0.3) is 21.5 Å². The molecule has 5 heteroatoms. The molecule has 0 bridgehead atoms. The number of aromatic nitrogens is 2. The molecule has 0 unspecified atom stereocenters. The van der Waals surface area contributed by atoms with Crippen LogP contribution >= 0.6 is 11.3 Å². The van der Waals surface area contributed by atoms with Crippen molar-refractivity contribution in [3.63, 3.8) is 0 Å². The lowest BCUT2D eigenvalue weighted by atomic mass is 10.1. The molecule has 0 aliphatic carbocycles. The summed E-state index contributed by atoms with van der Waals surface area (Å²) in [6.45, 7) is 2.11. The maximum absolute atomic E-state index is 5.29. The van der Waals surface area contributed by atoms with Crippen LogP contribution in [0.2, 0.25) is 0 Å². The molecular formula is C16H17N3OS. The summed E-state index contributed by atoms with van der Waals surface area (Å²) in [6.07, 6.45) is 1.88. The van der Waals surface area contributed by atoms with Gasteiger partial charge < -0.3 is 9.64 Å². The molecule has 3 aromatic rings. The second kappa shape index (κ2) is 5.33. The molecule has 3 rings (SSSR count). The van der Waals surface area contributed by atoms with Crippen LogP contribution in [-0.2, 0) is 0 Å². The Bertz CT molecular complexity index is 795. The van der Waals surface area contributed by atoms with Crippen LogP contribution in [0.5, 0.6) is 5.75 Å². The van der Waals surface area contributed by atoms with Crippen LogP contribution in [0.15, 0.2) is 30.5 Å². The van der Waals surface area contributed by atoms with Crippen molar-refractivity contribution in [2.45, 2.75) is 6.92 Å². The van der Waals surface area contributed by atoms with Crippen LogP contribution in [0.1, 0.15) is 5.56 Å². The van der Waals surface area contributed by atoms with Crippen molar-refractivity contribution in [3.05, 3.63) is 36.0 Å². The molecule has 0 fully saturated rings. The predicted octanol–water partition coefficient (Wildman–Crippen LogP) is 3.74. The van der Waals surface area contributed by atoms with Crippen molar-refractivity contribution >= 4 is 27.4 Å². The zero-order valence-electron chi connectivity index (χ0n) is 12.5. The number of methoxy groups -OCH3 is 1. The van der Waals surface area contributed by atoms with Crippen molar-refractivity contribution in [2.24, 2.45) is 0 Å². The van der Waals surface area contributed by atoms with E-state index in [0.29, 0.717) is 0 Å². The second-order valence-corrected chi connectivity index (χ2v) is 6.12. The number of fused-ring (bicyclic) bond motifs is 1. The first kappa shape index (κ1) is 13.8. The minimum Gasteiger partial charge on any atom is -0.497 e. The van der Waals surface area contributed by atoms with Gasteiger partial charge in [-0.3, -0.25) is 0 Å². The van der Waals surface area contributed by atoms with E-state index >= 15 is 0 Å². The number of thiazole rings is 1. The molecule has 0 saturated heterocycles. The van der Waals surface area contributed by atoms with Crippen molar-refractivity contribution in [1.29, 1.82) is 0 Å². The standard InChI is InChI=1S/C16H17N3OS/c1-10-7-14(15-9-17-16(21-15)19(2)3)18-13-8-11(20-4)5-6-12(10)13/h5-9H,1-4H3. The first-order valence-corrected chi connectivity index (χ1v) is 7.49. The summed E-state index contributed by atoms with van der Waals surface area (Å²) in [7, 11) is 5.66. The Hall–Kier alpha value is -2.14. The summed E-state index contributed by atoms with van der Waals surface area (Å²) >= 11 is 1.64. The second-order valence-electron chi connectivity index (χ2n) is 5.11. The minimum absolute atomic E-state index is 0.824. The lowest BCUT2D eigenvalue weighted by Gasteiger charge is -2.07. The maximum atomic E-state index is 5.29. The average molecular weight is 299 g/mol. The molecule has 0 spiro atoms.